The first-order chi connectivity index (χ1) is 12.0. The molecule has 130 valence electrons. The summed E-state index contributed by atoms with van der Waals surface area (Å²) in [7, 11) is 0. The van der Waals surface area contributed by atoms with Gasteiger partial charge in [0.25, 0.3) is 5.91 Å². The molecule has 0 aliphatic carbocycles. The van der Waals surface area contributed by atoms with Gasteiger partial charge in [0.2, 0.25) is 0 Å². The van der Waals surface area contributed by atoms with Crippen LogP contribution in [0.2, 0.25) is 0 Å². The Kier molecular flexibility index (Phi) is 6.28. The number of carbonyl (C=O) groups is 3. The Labute approximate surface area is 146 Å². The number of benzene rings is 2. The van der Waals surface area contributed by atoms with Crippen LogP contribution in [0.5, 0.6) is 0 Å². The Morgan fingerprint density at radius 2 is 1.60 bits per heavy atom. The monoisotopic (exact) mass is 340 g/mol. The fourth-order valence-electron chi connectivity index (χ4n) is 2.20. The van der Waals surface area contributed by atoms with E-state index in [0.29, 0.717) is 11.1 Å². The summed E-state index contributed by atoms with van der Waals surface area (Å²) in [6, 6.07) is 15.7. The van der Waals surface area contributed by atoms with E-state index in [0.717, 1.165) is 5.56 Å². The minimum absolute atomic E-state index is 0.104. The summed E-state index contributed by atoms with van der Waals surface area (Å²) < 4.78 is 5.03. The van der Waals surface area contributed by atoms with Crippen molar-refractivity contribution >= 4 is 17.9 Å². The summed E-state index contributed by atoms with van der Waals surface area (Å²) in [4.78, 5) is 35.4. The molecule has 0 saturated heterocycles. The second kappa shape index (κ2) is 8.63. The van der Waals surface area contributed by atoms with Crippen molar-refractivity contribution < 1.29 is 19.1 Å². The number of carbonyl (C=O) groups excluding carboxylic acids is 3. The molecule has 0 unspecified atom stereocenters. The number of hydrogen-bond acceptors (Lipinski definition) is 4. The molecule has 0 radical (unpaired) electrons. The highest BCUT2D eigenvalue weighted by atomic mass is 16.5. The first-order valence-electron chi connectivity index (χ1n) is 7.89. The summed E-state index contributed by atoms with van der Waals surface area (Å²) >= 11 is 0. The Morgan fingerprint density at radius 1 is 0.960 bits per heavy atom. The highest BCUT2D eigenvalue weighted by Gasteiger charge is 2.16. The highest BCUT2D eigenvalue weighted by molar-refractivity contribution is 6.00. The van der Waals surface area contributed by atoms with Gasteiger partial charge in [0.1, 0.15) is 0 Å². The molecule has 2 N–H and O–H groups in total. The zero-order valence-corrected chi connectivity index (χ0v) is 14.1. The van der Waals surface area contributed by atoms with Gasteiger partial charge in [-0.3, -0.25) is 10.1 Å². The van der Waals surface area contributed by atoms with Gasteiger partial charge >= 0.3 is 12.0 Å². The van der Waals surface area contributed by atoms with E-state index in [-0.39, 0.29) is 6.04 Å². The molecule has 2 aromatic carbocycles. The molecule has 0 spiro atoms. The number of nitrogens with one attached hydrogen (secondary N) is 2. The lowest BCUT2D eigenvalue weighted by molar-refractivity contribution is -0.123. The quantitative estimate of drug-likeness (QED) is 0.820. The molecule has 0 atom stereocenters. The smallest absolute Gasteiger partial charge is 0.339 e. The molecular formula is C19H20N2O4. The normalized spacial score (nSPS) is 10.2. The molecule has 2 aromatic rings. The molecule has 0 aliphatic rings. The minimum Gasteiger partial charge on any atom is -0.452 e. The van der Waals surface area contributed by atoms with Crippen molar-refractivity contribution in [2.45, 2.75) is 19.9 Å². The average molecular weight is 340 g/mol. The van der Waals surface area contributed by atoms with Crippen LogP contribution in [0.1, 0.15) is 24.2 Å². The Hall–Kier alpha value is -3.15. The third-order valence-corrected chi connectivity index (χ3v) is 3.24. The third-order valence-electron chi connectivity index (χ3n) is 3.24. The molecule has 3 amide bonds. The van der Waals surface area contributed by atoms with Crippen molar-refractivity contribution in [1.82, 2.24) is 10.6 Å². The fourth-order valence-corrected chi connectivity index (χ4v) is 2.20. The summed E-state index contributed by atoms with van der Waals surface area (Å²) in [5.74, 6) is -1.32. The van der Waals surface area contributed by atoms with Crippen molar-refractivity contribution in [2.75, 3.05) is 6.61 Å². The third kappa shape index (κ3) is 5.46. The zero-order valence-electron chi connectivity index (χ0n) is 14.1. The van der Waals surface area contributed by atoms with E-state index in [1.165, 1.54) is 0 Å². The van der Waals surface area contributed by atoms with Crippen LogP contribution in [-0.4, -0.2) is 30.6 Å². The minimum atomic E-state index is -0.691. The first-order valence-corrected chi connectivity index (χ1v) is 7.89. The molecule has 0 saturated carbocycles. The van der Waals surface area contributed by atoms with Gasteiger partial charge in [0.15, 0.2) is 6.61 Å². The second-order valence-corrected chi connectivity index (χ2v) is 5.66. The van der Waals surface area contributed by atoms with Crippen molar-refractivity contribution in [2.24, 2.45) is 0 Å². The SMILES string of the molecule is CC(C)NC(=O)NC(=O)COC(=O)c1ccccc1-c1ccccc1. The Bertz CT molecular complexity index is 757. The first kappa shape index (κ1) is 18.2. The van der Waals surface area contributed by atoms with Gasteiger partial charge in [0.05, 0.1) is 5.56 Å². The van der Waals surface area contributed by atoms with Crippen LogP contribution in [0, 0.1) is 0 Å². The van der Waals surface area contributed by atoms with Crippen molar-refractivity contribution in [3.63, 3.8) is 0 Å². The van der Waals surface area contributed by atoms with Gasteiger partial charge < -0.3 is 10.1 Å². The lowest BCUT2D eigenvalue weighted by Gasteiger charge is -2.11. The van der Waals surface area contributed by atoms with Gasteiger partial charge in [0, 0.05) is 6.04 Å². The number of esters is 1. The van der Waals surface area contributed by atoms with E-state index in [2.05, 4.69) is 10.6 Å². The van der Waals surface area contributed by atoms with Crippen LogP contribution in [-0.2, 0) is 9.53 Å². The van der Waals surface area contributed by atoms with Gasteiger partial charge in [-0.1, -0.05) is 48.5 Å². The summed E-state index contributed by atoms with van der Waals surface area (Å²) in [6.07, 6.45) is 0. The Morgan fingerprint density at radius 3 is 2.28 bits per heavy atom. The standard InChI is InChI=1S/C19H20N2O4/c1-13(2)20-19(24)21-17(22)12-25-18(23)16-11-7-6-10-15(16)14-8-4-3-5-9-14/h3-11,13H,12H2,1-2H3,(H2,20,21,22,24). The van der Waals surface area contributed by atoms with Crippen molar-refractivity contribution in [3.8, 4) is 11.1 Å². The van der Waals surface area contributed by atoms with E-state index in [9.17, 15) is 14.4 Å². The maximum Gasteiger partial charge on any atom is 0.339 e. The molecule has 0 bridgehead atoms. The zero-order chi connectivity index (χ0) is 18.2. The molecule has 0 fully saturated rings. The molecule has 0 aromatic heterocycles. The van der Waals surface area contributed by atoms with Gasteiger partial charge in [-0.15, -0.1) is 0 Å². The molecule has 25 heavy (non-hydrogen) atoms. The number of amides is 3. The predicted octanol–water partition coefficient (Wildman–Crippen LogP) is 2.74. The van der Waals surface area contributed by atoms with Crippen LogP contribution < -0.4 is 10.6 Å². The summed E-state index contributed by atoms with van der Waals surface area (Å²) in [6.45, 7) is 3.00. The van der Waals surface area contributed by atoms with Gasteiger partial charge in [-0.2, -0.15) is 0 Å². The predicted molar refractivity (Wildman–Crippen MR) is 94.0 cm³/mol. The largest absolute Gasteiger partial charge is 0.452 e. The van der Waals surface area contributed by atoms with Crippen LogP contribution in [0.3, 0.4) is 0 Å². The number of imide groups is 1. The van der Waals surface area contributed by atoms with Gasteiger partial charge in [-0.05, 0) is 31.0 Å². The van der Waals surface area contributed by atoms with E-state index >= 15 is 0 Å². The lowest BCUT2D eigenvalue weighted by atomic mass is 10.00. The molecule has 6 nitrogen and oxygen atoms in total. The number of rotatable bonds is 5. The Balaban J connectivity index is 2.00. The topological polar surface area (TPSA) is 84.5 Å². The highest BCUT2D eigenvalue weighted by Crippen LogP contribution is 2.23. The lowest BCUT2D eigenvalue weighted by Crippen LogP contribution is -2.44. The molecule has 0 heterocycles. The molecule has 0 aliphatic heterocycles. The van der Waals surface area contributed by atoms with E-state index < -0.39 is 24.5 Å². The van der Waals surface area contributed by atoms with Crippen LogP contribution in [0.25, 0.3) is 11.1 Å². The number of hydrogen-bond donors (Lipinski definition) is 2. The summed E-state index contributed by atoms with van der Waals surface area (Å²) in [5, 5.41) is 4.61. The maximum atomic E-state index is 12.3. The average Bonchev–Trinajstić information content (AvgIpc) is 2.59. The van der Waals surface area contributed by atoms with Crippen LogP contribution >= 0.6 is 0 Å². The maximum absolute atomic E-state index is 12.3. The van der Waals surface area contributed by atoms with E-state index in [1.807, 2.05) is 42.5 Å². The number of ether oxygens (including phenoxy) is 1. The molecule has 6 heteroatoms. The van der Waals surface area contributed by atoms with Crippen molar-refractivity contribution in [1.29, 1.82) is 0 Å². The van der Waals surface area contributed by atoms with E-state index in [1.54, 1.807) is 26.0 Å². The van der Waals surface area contributed by atoms with Crippen molar-refractivity contribution in [3.05, 3.63) is 60.2 Å². The van der Waals surface area contributed by atoms with Crippen LogP contribution in [0.15, 0.2) is 54.6 Å². The number of urea groups is 1. The fraction of sp³-hybridized carbons (Fsp3) is 0.211. The van der Waals surface area contributed by atoms with E-state index in [4.69, 9.17) is 4.74 Å². The second-order valence-electron chi connectivity index (χ2n) is 5.66. The summed E-state index contributed by atoms with van der Waals surface area (Å²) in [5.41, 5.74) is 1.94. The molecular weight excluding hydrogens is 320 g/mol. The van der Waals surface area contributed by atoms with Gasteiger partial charge in [-0.25, -0.2) is 9.59 Å². The van der Waals surface area contributed by atoms with Crippen LogP contribution in [0.4, 0.5) is 4.79 Å². The molecule has 2 rings (SSSR count).